The van der Waals surface area contributed by atoms with E-state index in [1.165, 1.54) is 4.88 Å². The molecule has 0 spiro atoms. The number of thiophene rings is 1. The Morgan fingerprint density at radius 3 is 2.89 bits per heavy atom. The van der Waals surface area contributed by atoms with E-state index in [2.05, 4.69) is 21.3 Å². The lowest BCUT2D eigenvalue weighted by atomic mass is 10.2. The highest BCUT2D eigenvalue weighted by atomic mass is 32.1. The molecule has 2 heterocycles. The van der Waals surface area contributed by atoms with Gasteiger partial charge in [0.25, 0.3) is 5.91 Å². The molecule has 2 aromatic heterocycles. The van der Waals surface area contributed by atoms with Gasteiger partial charge in [-0.3, -0.25) is 4.79 Å². The van der Waals surface area contributed by atoms with Crippen LogP contribution < -0.4 is 5.32 Å². The van der Waals surface area contributed by atoms with Crippen LogP contribution in [0.5, 0.6) is 0 Å². The van der Waals surface area contributed by atoms with Crippen molar-refractivity contribution in [3.8, 4) is 0 Å². The Kier molecular flexibility index (Phi) is 4.39. The fourth-order valence-corrected chi connectivity index (χ4v) is 2.79. The molecule has 5 heteroatoms. The lowest BCUT2D eigenvalue weighted by Gasteiger charge is -2.08. The molecular formula is C14H18N2O2S. The molecule has 2 aromatic rings. The monoisotopic (exact) mass is 278 g/mol. The Labute approximate surface area is 116 Å². The van der Waals surface area contributed by atoms with Crippen LogP contribution >= 0.6 is 11.3 Å². The van der Waals surface area contributed by atoms with Crippen molar-refractivity contribution >= 4 is 17.2 Å². The molecule has 4 nitrogen and oxygen atoms in total. The summed E-state index contributed by atoms with van der Waals surface area (Å²) in [5.74, 6) is -0.125. The maximum absolute atomic E-state index is 12.0. The third-order valence-corrected chi connectivity index (χ3v) is 3.97. The van der Waals surface area contributed by atoms with E-state index < -0.39 is 0 Å². The number of aryl methyl sites for hydroxylation is 1. The van der Waals surface area contributed by atoms with Crippen LogP contribution in [0.15, 0.2) is 23.6 Å². The molecular weight excluding hydrogens is 260 g/mol. The second kappa shape index (κ2) is 6.04. The Balaban J connectivity index is 2.21. The third kappa shape index (κ3) is 3.05. The number of nitrogens with one attached hydrogen (secondary N) is 1. The van der Waals surface area contributed by atoms with Crippen molar-refractivity contribution in [1.82, 2.24) is 9.88 Å². The number of carbonyl (C=O) groups is 1. The maximum Gasteiger partial charge on any atom is 0.253 e. The van der Waals surface area contributed by atoms with E-state index in [9.17, 15) is 4.79 Å². The first-order valence-corrected chi connectivity index (χ1v) is 7.09. The van der Waals surface area contributed by atoms with Crippen molar-refractivity contribution in [2.45, 2.75) is 20.4 Å². The Morgan fingerprint density at radius 1 is 1.47 bits per heavy atom. The van der Waals surface area contributed by atoms with Crippen LogP contribution in [0.3, 0.4) is 0 Å². The van der Waals surface area contributed by atoms with Crippen LogP contribution in [0.1, 0.15) is 26.6 Å². The topological polar surface area (TPSA) is 54.3 Å². The van der Waals surface area contributed by atoms with Gasteiger partial charge in [-0.05, 0) is 31.4 Å². The number of hydrogen-bond acceptors (Lipinski definition) is 3. The predicted octanol–water partition coefficient (Wildman–Crippen LogP) is 1.94. The van der Waals surface area contributed by atoms with Gasteiger partial charge >= 0.3 is 0 Å². The zero-order valence-corrected chi connectivity index (χ0v) is 12.0. The number of aromatic nitrogens is 1. The van der Waals surface area contributed by atoms with Crippen LogP contribution in [0.4, 0.5) is 0 Å². The fraction of sp³-hybridized carbons (Fsp3) is 0.357. The quantitative estimate of drug-likeness (QED) is 0.878. The number of nitrogens with zero attached hydrogens (tertiary/aromatic N) is 1. The molecule has 0 aromatic carbocycles. The van der Waals surface area contributed by atoms with E-state index in [-0.39, 0.29) is 19.1 Å². The standard InChI is InChI=1S/C14H18N2O2S/c1-10-8-13(14(18)15-5-6-17)11(2)16(10)9-12-4-3-7-19-12/h3-4,7-8,17H,5-6,9H2,1-2H3,(H,15,18). The summed E-state index contributed by atoms with van der Waals surface area (Å²) in [4.78, 5) is 13.2. The van der Waals surface area contributed by atoms with Crippen molar-refractivity contribution in [3.05, 3.63) is 45.4 Å². The average Bonchev–Trinajstić information content (AvgIpc) is 2.99. The molecule has 1 amide bonds. The van der Waals surface area contributed by atoms with E-state index in [0.29, 0.717) is 5.56 Å². The zero-order chi connectivity index (χ0) is 13.8. The van der Waals surface area contributed by atoms with Crippen molar-refractivity contribution < 1.29 is 9.90 Å². The number of aliphatic hydroxyl groups is 1. The largest absolute Gasteiger partial charge is 0.395 e. The smallest absolute Gasteiger partial charge is 0.253 e. The third-order valence-electron chi connectivity index (χ3n) is 3.11. The summed E-state index contributed by atoms with van der Waals surface area (Å²) in [6.45, 7) is 4.99. The minimum absolute atomic E-state index is 0.0420. The van der Waals surface area contributed by atoms with Crippen LogP contribution in [0, 0.1) is 13.8 Å². The number of carbonyl (C=O) groups excluding carboxylic acids is 1. The average molecular weight is 278 g/mol. The molecule has 0 aliphatic rings. The molecule has 0 bridgehead atoms. The first kappa shape index (κ1) is 13.8. The molecule has 2 N–H and O–H groups in total. The van der Waals surface area contributed by atoms with Gasteiger partial charge in [0.1, 0.15) is 0 Å². The molecule has 19 heavy (non-hydrogen) atoms. The van der Waals surface area contributed by atoms with Gasteiger partial charge in [0, 0.05) is 22.8 Å². The molecule has 0 aliphatic carbocycles. The molecule has 0 saturated heterocycles. The highest BCUT2D eigenvalue weighted by Gasteiger charge is 2.15. The Bertz CT molecular complexity index is 558. The van der Waals surface area contributed by atoms with Gasteiger partial charge < -0.3 is 15.0 Å². The fourth-order valence-electron chi connectivity index (χ4n) is 2.10. The summed E-state index contributed by atoms with van der Waals surface area (Å²) < 4.78 is 2.14. The summed E-state index contributed by atoms with van der Waals surface area (Å²) >= 11 is 1.71. The Morgan fingerprint density at radius 2 is 2.26 bits per heavy atom. The molecule has 0 aliphatic heterocycles. The van der Waals surface area contributed by atoms with Crippen LogP contribution in [0.2, 0.25) is 0 Å². The number of rotatable bonds is 5. The Hall–Kier alpha value is -1.59. The van der Waals surface area contributed by atoms with E-state index in [4.69, 9.17) is 5.11 Å². The lowest BCUT2D eigenvalue weighted by molar-refractivity contribution is 0.0944. The molecule has 102 valence electrons. The summed E-state index contributed by atoms with van der Waals surface area (Å²) in [6, 6.07) is 6.02. The van der Waals surface area contributed by atoms with Gasteiger partial charge in [0.05, 0.1) is 18.7 Å². The summed E-state index contributed by atoms with van der Waals surface area (Å²) in [7, 11) is 0. The van der Waals surface area contributed by atoms with Crippen molar-refractivity contribution in [1.29, 1.82) is 0 Å². The minimum Gasteiger partial charge on any atom is -0.395 e. The molecule has 0 atom stereocenters. The van der Waals surface area contributed by atoms with Crippen LogP contribution in [-0.2, 0) is 6.54 Å². The first-order chi connectivity index (χ1) is 9.13. The highest BCUT2D eigenvalue weighted by Crippen LogP contribution is 2.19. The summed E-state index contributed by atoms with van der Waals surface area (Å²) in [5.41, 5.74) is 2.71. The van der Waals surface area contributed by atoms with Crippen LogP contribution in [-0.4, -0.2) is 28.7 Å². The van der Waals surface area contributed by atoms with Crippen molar-refractivity contribution in [2.24, 2.45) is 0 Å². The lowest BCUT2D eigenvalue weighted by Crippen LogP contribution is -2.26. The number of aliphatic hydroxyl groups excluding tert-OH is 1. The van der Waals surface area contributed by atoms with Gasteiger partial charge in [-0.2, -0.15) is 0 Å². The van der Waals surface area contributed by atoms with E-state index >= 15 is 0 Å². The van der Waals surface area contributed by atoms with Crippen molar-refractivity contribution in [3.63, 3.8) is 0 Å². The van der Waals surface area contributed by atoms with Gasteiger partial charge in [0.15, 0.2) is 0 Å². The second-order valence-corrected chi connectivity index (χ2v) is 5.46. The van der Waals surface area contributed by atoms with Gasteiger partial charge in [0.2, 0.25) is 0 Å². The number of hydrogen-bond donors (Lipinski definition) is 2. The predicted molar refractivity (Wildman–Crippen MR) is 76.7 cm³/mol. The van der Waals surface area contributed by atoms with Gasteiger partial charge in [-0.1, -0.05) is 6.07 Å². The minimum atomic E-state index is -0.125. The highest BCUT2D eigenvalue weighted by molar-refractivity contribution is 7.09. The molecule has 0 fully saturated rings. The second-order valence-electron chi connectivity index (χ2n) is 4.43. The van der Waals surface area contributed by atoms with Crippen molar-refractivity contribution in [2.75, 3.05) is 13.2 Å². The molecule has 0 radical (unpaired) electrons. The van der Waals surface area contributed by atoms with Gasteiger partial charge in [-0.25, -0.2) is 0 Å². The zero-order valence-electron chi connectivity index (χ0n) is 11.1. The SMILES string of the molecule is Cc1cc(C(=O)NCCO)c(C)n1Cc1cccs1. The summed E-state index contributed by atoms with van der Waals surface area (Å²) in [6.07, 6.45) is 0. The normalized spacial score (nSPS) is 10.7. The first-order valence-electron chi connectivity index (χ1n) is 6.21. The molecule has 0 unspecified atom stereocenters. The van der Waals surface area contributed by atoms with Gasteiger partial charge in [-0.15, -0.1) is 11.3 Å². The van der Waals surface area contributed by atoms with Crippen LogP contribution in [0.25, 0.3) is 0 Å². The molecule has 0 saturated carbocycles. The van der Waals surface area contributed by atoms with E-state index in [0.717, 1.165) is 17.9 Å². The molecule has 2 rings (SSSR count). The summed E-state index contributed by atoms with van der Waals surface area (Å²) in [5, 5.41) is 13.5. The van der Waals surface area contributed by atoms with E-state index in [1.54, 1.807) is 11.3 Å². The maximum atomic E-state index is 12.0. The number of amides is 1. The van der Waals surface area contributed by atoms with E-state index in [1.807, 2.05) is 26.0 Å².